The summed E-state index contributed by atoms with van der Waals surface area (Å²) in [6.45, 7) is 4.82. The van der Waals surface area contributed by atoms with Crippen molar-refractivity contribution in [3.63, 3.8) is 0 Å². The number of hydrogen-bond donors (Lipinski definition) is 0. The Morgan fingerprint density at radius 2 is 2.00 bits per heavy atom. The minimum absolute atomic E-state index is 0.0643. The van der Waals surface area contributed by atoms with Crippen molar-refractivity contribution in [3.05, 3.63) is 35.9 Å². The van der Waals surface area contributed by atoms with Crippen LogP contribution in [0.4, 0.5) is 0 Å². The minimum Gasteiger partial charge on any atom is -0.475 e. The molecule has 0 N–H and O–H groups in total. The van der Waals surface area contributed by atoms with Crippen molar-refractivity contribution < 1.29 is 4.74 Å². The van der Waals surface area contributed by atoms with E-state index in [1.807, 2.05) is 30.3 Å². The molecule has 0 aromatic heterocycles. The van der Waals surface area contributed by atoms with Crippen molar-refractivity contribution in [2.75, 3.05) is 6.61 Å². The molecule has 1 aliphatic heterocycles. The molecule has 0 aliphatic carbocycles. The van der Waals surface area contributed by atoms with Gasteiger partial charge in [0.2, 0.25) is 5.90 Å². The van der Waals surface area contributed by atoms with Gasteiger partial charge in [0, 0.05) is 5.56 Å². The van der Waals surface area contributed by atoms with Crippen LogP contribution >= 0.6 is 0 Å². The molecular weight excluding hydrogens is 164 g/mol. The molecule has 0 radical (unpaired) electrons. The predicted molar refractivity (Wildman–Crippen MR) is 53.0 cm³/mol. The number of hydrogen-bond acceptors (Lipinski definition) is 2. The average molecular weight is 177 g/mol. The fourth-order valence-electron chi connectivity index (χ4n) is 1.31. The molecule has 0 atom stereocenters. The Kier molecular flexibility index (Phi) is 1.83. The summed E-state index contributed by atoms with van der Waals surface area (Å²) in [5.74, 6) is 0.769. The van der Waals surface area contributed by atoms with E-state index in [0.717, 1.165) is 11.5 Å². The van der Waals surface area contributed by atoms with Crippen LogP contribution in [0.5, 0.6) is 0 Å². The van der Waals surface area contributed by atoms with E-state index in [1.54, 1.807) is 0 Å². The van der Waals surface area contributed by atoms with Gasteiger partial charge >= 0.3 is 0 Å². The summed E-state index contributed by atoms with van der Waals surface area (Å²) < 4.78 is 5.50. The first kappa shape index (κ1) is 8.30. The molecule has 0 unspecified atom stereocenters. The Balaban J connectivity index is 2.30. The van der Waals surface area contributed by atoms with Gasteiger partial charge < -0.3 is 4.74 Å². The Morgan fingerprint density at radius 1 is 1.31 bits per heavy atom. The molecular formula is C11H13NO. The van der Waals surface area contributed by atoms with E-state index in [-0.39, 0.29) is 5.54 Å². The summed E-state index contributed by atoms with van der Waals surface area (Å²) in [4.78, 5) is 4.49. The second kappa shape index (κ2) is 2.87. The fourth-order valence-corrected chi connectivity index (χ4v) is 1.31. The normalized spacial score (nSPS) is 19.4. The maximum atomic E-state index is 5.50. The molecule has 2 heteroatoms. The zero-order chi connectivity index (χ0) is 9.31. The zero-order valence-electron chi connectivity index (χ0n) is 7.95. The van der Waals surface area contributed by atoms with Crippen molar-refractivity contribution >= 4 is 5.90 Å². The smallest absolute Gasteiger partial charge is 0.216 e. The second-order valence-electron chi connectivity index (χ2n) is 3.88. The number of aliphatic imine (C=N–C) groups is 1. The highest BCUT2D eigenvalue weighted by atomic mass is 16.7. The van der Waals surface area contributed by atoms with Crippen molar-refractivity contribution in [1.29, 1.82) is 0 Å². The summed E-state index contributed by atoms with van der Waals surface area (Å²) >= 11 is 0. The Bertz CT molecular complexity index is 327. The maximum absolute atomic E-state index is 5.50. The molecule has 0 saturated carbocycles. The molecule has 1 heterocycles. The van der Waals surface area contributed by atoms with Gasteiger partial charge in [0.1, 0.15) is 6.61 Å². The topological polar surface area (TPSA) is 21.6 Å². The number of rotatable bonds is 1. The maximum Gasteiger partial charge on any atom is 0.216 e. The third-order valence-electron chi connectivity index (χ3n) is 1.99. The van der Waals surface area contributed by atoms with Gasteiger partial charge in [-0.15, -0.1) is 0 Å². The van der Waals surface area contributed by atoms with Crippen molar-refractivity contribution in [2.45, 2.75) is 19.4 Å². The molecule has 0 amide bonds. The largest absolute Gasteiger partial charge is 0.475 e. The highest BCUT2D eigenvalue weighted by Gasteiger charge is 2.26. The van der Waals surface area contributed by atoms with Crippen LogP contribution in [0.3, 0.4) is 0 Å². The summed E-state index contributed by atoms with van der Waals surface area (Å²) in [6, 6.07) is 10.0. The van der Waals surface area contributed by atoms with Crippen LogP contribution in [0.25, 0.3) is 0 Å². The van der Waals surface area contributed by atoms with E-state index in [1.165, 1.54) is 0 Å². The van der Waals surface area contributed by atoms with Crippen molar-refractivity contribution in [3.8, 4) is 0 Å². The highest BCUT2D eigenvalue weighted by molar-refractivity contribution is 5.95. The van der Waals surface area contributed by atoms with E-state index in [4.69, 9.17) is 4.74 Å². The third-order valence-corrected chi connectivity index (χ3v) is 1.99. The molecule has 0 bridgehead atoms. The van der Waals surface area contributed by atoms with E-state index in [0.29, 0.717) is 6.61 Å². The third kappa shape index (κ3) is 1.72. The molecule has 1 aromatic rings. The van der Waals surface area contributed by atoms with Crippen LogP contribution in [0, 0.1) is 0 Å². The SMILES string of the molecule is CC1(C)CO[14C](c2ccccc2)=N1. The average Bonchev–Trinajstić information content (AvgIpc) is 2.48. The highest BCUT2D eigenvalue weighted by Crippen LogP contribution is 2.20. The molecule has 0 spiro atoms. The Labute approximate surface area is 78.3 Å². The lowest BCUT2D eigenvalue weighted by atomic mass is 10.1. The molecule has 0 fully saturated rings. The first-order chi connectivity index (χ1) is 6.17. The van der Waals surface area contributed by atoms with Gasteiger partial charge in [0.15, 0.2) is 0 Å². The van der Waals surface area contributed by atoms with Crippen LogP contribution in [0.15, 0.2) is 35.3 Å². The van der Waals surface area contributed by atoms with Gasteiger partial charge in [-0.3, -0.25) is 0 Å². The number of nitrogens with zero attached hydrogens (tertiary/aromatic N) is 1. The van der Waals surface area contributed by atoms with Gasteiger partial charge in [0.25, 0.3) is 0 Å². The van der Waals surface area contributed by atoms with Crippen LogP contribution < -0.4 is 0 Å². The fraction of sp³-hybridized carbons (Fsp3) is 0.364. The lowest BCUT2D eigenvalue weighted by Gasteiger charge is -2.07. The Morgan fingerprint density at radius 3 is 2.54 bits per heavy atom. The minimum atomic E-state index is -0.0643. The standard InChI is InChI=1S/C11H13NO/c1-11(2)8-13-10(12-11)9-6-4-3-5-7-9/h3-7H,8H2,1-2H3/i10+2. The summed E-state index contributed by atoms with van der Waals surface area (Å²) in [5.41, 5.74) is 0.999. The summed E-state index contributed by atoms with van der Waals surface area (Å²) in [7, 11) is 0. The van der Waals surface area contributed by atoms with Crippen LogP contribution in [0.2, 0.25) is 0 Å². The molecule has 68 valence electrons. The Hall–Kier alpha value is -1.31. The van der Waals surface area contributed by atoms with E-state index >= 15 is 0 Å². The number of ether oxygens (including phenoxy) is 1. The molecule has 13 heavy (non-hydrogen) atoms. The van der Waals surface area contributed by atoms with E-state index < -0.39 is 0 Å². The number of benzene rings is 1. The lowest BCUT2D eigenvalue weighted by molar-refractivity contribution is 0.279. The molecule has 1 aliphatic rings. The van der Waals surface area contributed by atoms with Crippen molar-refractivity contribution in [2.24, 2.45) is 4.99 Å². The van der Waals surface area contributed by atoms with Gasteiger partial charge in [-0.2, -0.15) is 0 Å². The van der Waals surface area contributed by atoms with E-state index in [2.05, 4.69) is 18.8 Å². The van der Waals surface area contributed by atoms with E-state index in [9.17, 15) is 0 Å². The van der Waals surface area contributed by atoms with Gasteiger partial charge in [-0.05, 0) is 26.0 Å². The lowest BCUT2D eigenvalue weighted by Crippen LogP contribution is -2.17. The van der Waals surface area contributed by atoms with Crippen LogP contribution in [-0.4, -0.2) is 18.0 Å². The molecule has 0 saturated heterocycles. The van der Waals surface area contributed by atoms with Gasteiger partial charge in [-0.25, -0.2) is 4.99 Å². The second-order valence-corrected chi connectivity index (χ2v) is 3.88. The predicted octanol–water partition coefficient (Wildman–Crippen LogP) is 2.24. The van der Waals surface area contributed by atoms with Crippen LogP contribution in [0.1, 0.15) is 19.4 Å². The van der Waals surface area contributed by atoms with Gasteiger partial charge in [0.05, 0.1) is 5.54 Å². The van der Waals surface area contributed by atoms with Crippen LogP contribution in [-0.2, 0) is 4.74 Å². The molecule has 2 rings (SSSR count). The van der Waals surface area contributed by atoms with Gasteiger partial charge in [-0.1, -0.05) is 18.2 Å². The molecule has 1 aromatic carbocycles. The first-order valence-corrected chi connectivity index (χ1v) is 4.45. The monoisotopic (exact) mass is 177 g/mol. The summed E-state index contributed by atoms with van der Waals surface area (Å²) in [6.07, 6.45) is 0. The quantitative estimate of drug-likeness (QED) is 0.644. The van der Waals surface area contributed by atoms with Crippen molar-refractivity contribution in [1.82, 2.24) is 0 Å². The molecule has 2 nitrogen and oxygen atoms in total. The zero-order valence-corrected chi connectivity index (χ0v) is 7.95. The first-order valence-electron chi connectivity index (χ1n) is 4.45. The summed E-state index contributed by atoms with van der Waals surface area (Å²) in [5, 5.41) is 0.